The molecule has 144 valence electrons. The fourth-order valence-electron chi connectivity index (χ4n) is 2.36. The number of carbonyl (C=O) groups excluding carboxylic acids is 2. The summed E-state index contributed by atoms with van der Waals surface area (Å²) in [5.41, 5.74) is 1.49. The highest BCUT2D eigenvalue weighted by Gasteiger charge is 2.30. The Bertz CT molecular complexity index is 790. The maximum absolute atomic E-state index is 12.9. The van der Waals surface area contributed by atoms with Crippen molar-refractivity contribution in [3.05, 3.63) is 71.0 Å². The van der Waals surface area contributed by atoms with E-state index in [9.17, 15) is 27.2 Å². The average molecular weight is 384 g/mol. The molecule has 5 nitrogen and oxygen atoms in total. The van der Waals surface area contributed by atoms with Crippen LogP contribution in [0, 0.1) is 11.7 Å². The summed E-state index contributed by atoms with van der Waals surface area (Å²) in [4.78, 5) is 24.0. The van der Waals surface area contributed by atoms with Gasteiger partial charge in [-0.1, -0.05) is 24.3 Å². The Morgan fingerprint density at radius 1 is 0.926 bits per heavy atom. The van der Waals surface area contributed by atoms with Gasteiger partial charge in [-0.2, -0.15) is 13.2 Å². The Morgan fingerprint density at radius 2 is 1.48 bits per heavy atom. The zero-order valence-electron chi connectivity index (χ0n) is 13.9. The summed E-state index contributed by atoms with van der Waals surface area (Å²) in [6.07, 6.45) is -4.55. The maximum atomic E-state index is 12.9. The Morgan fingerprint density at radius 3 is 2.00 bits per heavy atom. The van der Waals surface area contributed by atoms with Crippen LogP contribution < -0.4 is 10.8 Å². The van der Waals surface area contributed by atoms with Crippen molar-refractivity contribution in [2.24, 2.45) is 5.92 Å². The van der Waals surface area contributed by atoms with Gasteiger partial charge in [-0.15, -0.1) is 0 Å². The van der Waals surface area contributed by atoms with Crippen LogP contribution in [-0.2, 0) is 28.7 Å². The molecular formula is C18H16F4N2O3. The molecular weight excluding hydrogens is 368 g/mol. The fourth-order valence-corrected chi connectivity index (χ4v) is 2.36. The second-order valence-corrected chi connectivity index (χ2v) is 5.77. The molecule has 0 aliphatic carbocycles. The van der Waals surface area contributed by atoms with E-state index >= 15 is 0 Å². The number of rotatable bonds is 6. The minimum absolute atomic E-state index is 0.0917. The molecule has 0 spiro atoms. The molecule has 0 aliphatic rings. The maximum Gasteiger partial charge on any atom is 0.416 e. The number of hydrogen-bond acceptors (Lipinski definition) is 3. The summed E-state index contributed by atoms with van der Waals surface area (Å²) in [6.45, 7) is -0.102. The third-order valence-electron chi connectivity index (χ3n) is 3.84. The molecule has 0 heterocycles. The number of hydroxylamine groups is 1. The first kappa shape index (κ1) is 20.4. The Kier molecular flexibility index (Phi) is 6.51. The second kappa shape index (κ2) is 8.63. The smallest absolute Gasteiger partial charge is 0.351 e. The van der Waals surface area contributed by atoms with Crippen LogP contribution in [0.1, 0.15) is 16.7 Å². The molecule has 1 atom stereocenters. The van der Waals surface area contributed by atoms with Crippen molar-refractivity contribution >= 4 is 11.8 Å². The summed E-state index contributed by atoms with van der Waals surface area (Å²) in [5, 5.41) is 11.3. The first-order chi connectivity index (χ1) is 12.7. The highest BCUT2D eigenvalue weighted by Crippen LogP contribution is 2.29. The van der Waals surface area contributed by atoms with Crippen LogP contribution >= 0.6 is 0 Å². The predicted molar refractivity (Wildman–Crippen MR) is 86.8 cm³/mol. The van der Waals surface area contributed by atoms with E-state index in [1.165, 1.54) is 41.9 Å². The molecule has 2 aromatic carbocycles. The van der Waals surface area contributed by atoms with Crippen LogP contribution in [0.2, 0.25) is 0 Å². The molecule has 2 rings (SSSR count). The number of halogens is 4. The third kappa shape index (κ3) is 5.78. The number of amides is 2. The number of alkyl halides is 3. The predicted octanol–water partition coefficient (Wildman–Crippen LogP) is 2.83. The lowest BCUT2D eigenvalue weighted by atomic mass is 9.97. The lowest BCUT2D eigenvalue weighted by Gasteiger charge is -2.15. The van der Waals surface area contributed by atoms with Crippen molar-refractivity contribution in [1.82, 2.24) is 10.8 Å². The van der Waals surface area contributed by atoms with Gasteiger partial charge in [0.15, 0.2) is 0 Å². The summed E-state index contributed by atoms with van der Waals surface area (Å²) >= 11 is 0. The van der Waals surface area contributed by atoms with Crippen molar-refractivity contribution in [1.29, 1.82) is 0 Å². The number of benzene rings is 2. The van der Waals surface area contributed by atoms with Crippen molar-refractivity contribution < 1.29 is 32.4 Å². The van der Waals surface area contributed by atoms with Crippen LogP contribution in [0.5, 0.6) is 0 Å². The second-order valence-electron chi connectivity index (χ2n) is 5.77. The standard InChI is InChI=1S/C18H16F4N2O3/c19-14-7-3-11(4-8-14)9-15(17(26)24-27)16(25)23-10-12-1-5-13(6-2-12)18(20,21)22/h1-8,15,27H,9-10H2,(H,23,25)(H,24,26). The largest absolute Gasteiger partial charge is 0.416 e. The van der Waals surface area contributed by atoms with E-state index in [1.54, 1.807) is 0 Å². The Hall–Kier alpha value is -2.94. The van der Waals surface area contributed by atoms with Gasteiger partial charge < -0.3 is 5.32 Å². The van der Waals surface area contributed by atoms with E-state index in [0.29, 0.717) is 11.1 Å². The van der Waals surface area contributed by atoms with Gasteiger partial charge in [0.2, 0.25) is 5.91 Å². The van der Waals surface area contributed by atoms with Crippen LogP contribution in [-0.4, -0.2) is 17.0 Å². The molecule has 0 saturated heterocycles. The van der Waals surface area contributed by atoms with Crippen LogP contribution in [0.15, 0.2) is 48.5 Å². The van der Waals surface area contributed by atoms with Crippen molar-refractivity contribution in [2.75, 3.05) is 0 Å². The number of carbonyl (C=O) groups is 2. The minimum atomic E-state index is -4.46. The minimum Gasteiger partial charge on any atom is -0.351 e. The lowest BCUT2D eigenvalue weighted by Crippen LogP contribution is -2.41. The zero-order valence-corrected chi connectivity index (χ0v) is 13.9. The number of hydrogen-bond donors (Lipinski definition) is 3. The van der Waals surface area contributed by atoms with E-state index in [0.717, 1.165) is 12.1 Å². The molecule has 0 aliphatic heterocycles. The Balaban J connectivity index is 2.03. The van der Waals surface area contributed by atoms with E-state index in [1.807, 2.05) is 0 Å². The molecule has 27 heavy (non-hydrogen) atoms. The average Bonchev–Trinajstić information content (AvgIpc) is 2.64. The van der Waals surface area contributed by atoms with Gasteiger partial charge in [0.1, 0.15) is 11.7 Å². The van der Waals surface area contributed by atoms with Crippen molar-refractivity contribution in [2.45, 2.75) is 19.1 Å². The number of nitrogens with one attached hydrogen (secondary N) is 2. The molecule has 0 bridgehead atoms. The van der Waals surface area contributed by atoms with Gasteiger partial charge in [-0.3, -0.25) is 14.8 Å². The zero-order chi connectivity index (χ0) is 20.0. The van der Waals surface area contributed by atoms with E-state index in [2.05, 4.69) is 5.32 Å². The molecule has 0 radical (unpaired) electrons. The SMILES string of the molecule is O=C(NO)C(Cc1ccc(F)cc1)C(=O)NCc1ccc(C(F)(F)F)cc1. The van der Waals surface area contributed by atoms with Gasteiger partial charge in [0.05, 0.1) is 5.56 Å². The van der Waals surface area contributed by atoms with Gasteiger partial charge in [-0.05, 0) is 41.8 Å². The van der Waals surface area contributed by atoms with E-state index in [-0.39, 0.29) is 13.0 Å². The summed E-state index contributed by atoms with van der Waals surface area (Å²) in [7, 11) is 0. The van der Waals surface area contributed by atoms with Gasteiger partial charge in [0, 0.05) is 6.54 Å². The molecule has 2 aromatic rings. The van der Waals surface area contributed by atoms with Crippen LogP contribution in [0.25, 0.3) is 0 Å². The molecule has 2 amide bonds. The Labute approximate surface area is 152 Å². The molecule has 9 heteroatoms. The summed E-state index contributed by atoms with van der Waals surface area (Å²) < 4.78 is 50.6. The van der Waals surface area contributed by atoms with E-state index in [4.69, 9.17) is 5.21 Å². The summed E-state index contributed by atoms with van der Waals surface area (Å²) in [6, 6.07) is 9.34. The van der Waals surface area contributed by atoms with Crippen LogP contribution in [0.3, 0.4) is 0 Å². The first-order valence-electron chi connectivity index (χ1n) is 7.83. The molecule has 0 aromatic heterocycles. The molecule has 0 saturated carbocycles. The van der Waals surface area contributed by atoms with Gasteiger partial charge in [0.25, 0.3) is 5.91 Å². The van der Waals surface area contributed by atoms with Gasteiger partial charge in [-0.25, -0.2) is 9.87 Å². The quantitative estimate of drug-likeness (QED) is 0.310. The fraction of sp³-hybridized carbons (Fsp3) is 0.222. The monoisotopic (exact) mass is 384 g/mol. The molecule has 1 unspecified atom stereocenters. The third-order valence-corrected chi connectivity index (χ3v) is 3.84. The van der Waals surface area contributed by atoms with Crippen molar-refractivity contribution in [3.63, 3.8) is 0 Å². The van der Waals surface area contributed by atoms with Crippen LogP contribution in [0.4, 0.5) is 17.6 Å². The molecule has 3 N–H and O–H groups in total. The van der Waals surface area contributed by atoms with E-state index < -0.39 is 35.3 Å². The highest BCUT2D eigenvalue weighted by atomic mass is 19.4. The summed E-state index contributed by atoms with van der Waals surface area (Å²) in [5.74, 6) is -3.46. The highest BCUT2D eigenvalue weighted by molar-refractivity contribution is 6.00. The van der Waals surface area contributed by atoms with Crippen molar-refractivity contribution in [3.8, 4) is 0 Å². The van der Waals surface area contributed by atoms with Gasteiger partial charge >= 0.3 is 6.18 Å². The topological polar surface area (TPSA) is 78.4 Å². The molecule has 0 fully saturated rings. The normalized spacial score (nSPS) is 12.3. The first-order valence-corrected chi connectivity index (χ1v) is 7.83. The lowest BCUT2D eigenvalue weighted by molar-refractivity contribution is -0.141.